The zero-order valence-corrected chi connectivity index (χ0v) is 5.77. The zero-order valence-electron chi connectivity index (χ0n) is 4.95. The summed E-state index contributed by atoms with van der Waals surface area (Å²) < 4.78 is 0.0231. The molecule has 1 atom stereocenters. The van der Waals surface area contributed by atoms with Crippen LogP contribution in [0.5, 0.6) is 0 Å². The van der Waals surface area contributed by atoms with Crippen LogP contribution in [0.4, 0.5) is 0 Å². The van der Waals surface area contributed by atoms with Gasteiger partial charge in [0.25, 0.3) is 5.11 Å². The molecule has 1 unspecified atom stereocenters. The first kappa shape index (κ1) is 6.60. The van der Waals surface area contributed by atoms with Gasteiger partial charge in [-0.3, -0.25) is 0 Å². The predicted molar refractivity (Wildman–Crippen MR) is 39.5 cm³/mol. The Hall–Kier alpha value is -0.520. The fourth-order valence-corrected chi connectivity index (χ4v) is 0.790. The Labute approximate surface area is 58.7 Å². The molecule has 0 aromatic rings. The van der Waals surface area contributed by atoms with Gasteiger partial charge in [0.2, 0.25) is 6.34 Å². The fraction of sp³-hybridized carbons (Fsp3) is 0.500. The van der Waals surface area contributed by atoms with E-state index in [1.807, 2.05) is 0 Å². The summed E-state index contributed by atoms with van der Waals surface area (Å²) in [5.74, 6) is 5.62. The van der Waals surface area contributed by atoms with Crippen LogP contribution >= 0.6 is 12.2 Å². The standard InChI is InChI=1S/C4H8N4S/c5-4(9)8(6)2-1-7-3-8/h3H,1-2,6H2,(H-,5,9)/p+1. The van der Waals surface area contributed by atoms with E-state index < -0.39 is 0 Å². The Morgan fingerprint density at radius 2 is 2.44 bits per heavy atom. The lowest BCUT2D eigenvalue weighted by atomic mass is 10.6. The van der Waals surface area contributed by atoms with Gasteiger partial charge in [-0.1, -0.05) is 0 Å². The lowest BCUT2D eigenvalue weighted by Gasteiger charge is -2.18. The van der Waals surface area contributed by atoms with Crippen molar-refractivity contribution in [3.05, 3.63) is 0 Å². The molecule has 0 saturated heterocycles. The highest BCUT2D eigenvalue weighted by Gasteiger charge is 2.28. The minimum atomic E-state index is 0.0231. The molecule has 4 nitrogen and oxygen atoms in total. The number of thiocarbonyl (C=S) groups is 1. The predicted octanol–water partition coefficient (Wildman–Crippen LogP) is -1.04. The average Bonchev–Trinajstić information content (AvgIpc) is 2.16. The van der Waals surface area contributed by atoms with Gasteiger partial charge in [-0.05, 0) is 0 Å². The Bertz CT molecular complexity index is 166. The van der Waals surface area contributed by atoms with Crippen molar-refractivity contribution in [3.63, 3.8) is 0 Å². The summed E-state index contributed by atoms with van der Waals surface area (Å²) in [5.41, 5.74) is 5.32. The van der Waals surface area contributed by atoms with Crippen molar-refractivity contribution in [1.29, 1.82) is 0 Å². The molecule has 9 heavy (non-hydrogen) atoms. The molecule has 0 aromatic carbocycles. The lowest BCUT2D eigenvalue weighted by molar-refractivity contribution is -0.744. The summed E-state index contributed by atoms with van der Waals surface area (Å²) in [5, 5.41) is 0.274. The molecule has 0 bridgehead atoms. The van der Waals surface area contributed by atoms with E-state index in [9.17, 15) is 0 Å². The highest BCUT2D eigenvalue weighted by atomic mass is 32.1. The fourth-order valence-electron chi connectivity index (χ4n) is 0.651. The molecule has 5 heteroatoms. The second-order valence-electron chi connectivity index (χ2n) is 2.01. The Morgan fingerprint density at radius 3 is 2.67 bits per heavy atom. The summed E-state index contributed by atoms with van der Waals surface area (Å²) in [6.45, 7) is 1.41. The van der Waals surface area contributed by atoms with Gasteiger partial charge < -0.3 is 5.73 Å². The van der Waals surface area contributed by atoms with E-state index in [4.69, 9.17) is 23.8 Å². The molecule has 1 heterocycles. The third-order valence-electron chi connectivity index (χ3n) is 1.30. The van der Waals surface area contributed by atoms with Crippen molar-refractivity contribution in [3.8, 4) is 0 Å². The van der Waals surface area contributed by atoms with Crippen molar-refractivity contribution in [2.45, 2.75) is 0 Å². The summed E-state index contributed by atoms with van der Waals surface area (Å²) in [7, 11) is 0. The monoisotopic (exact) mass is 145 g/mol. The van der Waals surface area contributed by atoms with Crippen LogP contribution in [0.1, 0.15) is 0 Å². The molecule has 1 aliphatic heterocycles. The molecule has 4 N–H and O–H groups in total. The number of rotatable bonds is 0. The molecular weight excluding hydrogens is 136 g/mol. The Morgan fingerprint density at radius 1 is 1.78 bits per heavy atom. The highest BCUT2D eigenvalue weighted by Crippen LogP contribution is 1.99. The Kier molecular flexibility index (Phi) is 1.48. The van der Waals surface area contributed by atoms with E-state index in [1.54, 1.807) is 6.34 Å². The van der Waals surface area contributed by atoms with Crippen LogP contribution in [0.15, 0.2) is 4.99 Å². The highest BCUT2D eigenvalue weighted by molar-refractivity contribution is 7.79. The van der Waals surface area contributed by atoms with Crippen LogP contribution < -0.4 is 11.6 Å². The van der Waals surface area contributed by atoms with E-state index in [-0.39, 0.29) is 9.70 Å². The van der Waals surface area contributed by atoms with Gasteiger partial charge in [0.05, 0.1) is 6.54 Å². The van der Waals surface area contributed by atoms with E-state index in [0.29, 0.717) is 13.1 Å². The molecule has 0 fully saturated rings. The van der Waals surface area contributed by atoms with Gasteiger partial charge in [0.1, 0.15) is 6.54 Å². The number of quaternary nitrogens is 1. The van der Waals surface area contributed by atoms with Gasteiger partial charge in [0, 0.05) is 12.2 Å². The van der Waals surface area contributed by atoms with E-state index in [0.717, 1.165) is 0 Å². The molecular formula is C4H9N4S+. The van der Waals surface area contributed by atoms with Gasteiger partial charge in [-0.15, -0.1) is 4.59 Å². The van der Waals surface area contributed by atoms with E-state index in [1.165, 1.54) is 0 Å². The van der Waals surface area contributed by atoms with Crippen LogP contribution in [-0.4, -0.2) is 29.1 Å². The summed E-state index contributed by atoms with van der Waals surface area (Å²) in [4.78, 5) is 3.91. The average molecular weight is 145 g/mol. The van der Waals surface area contributed by atoms with Crippen molar-refractivity contribution < 1.29 is 4.59 Å². The van der Waals surface area contributed by atoms with Crippen molar-refractivity contribution in [2.24, 2.45) is 16.6 Å². The van der Waals surface area contributed by atoms with E-state index in [2.05, 4.69) is 4.99 Å². The second-order valence-corrected chi connectivity index (χ2v) is 2.43. The summed E-state index contributed by atoms with van der Waals surface area (Å²) in [6.07, 6.45) is 1.57. The first-order chi connectivity index (χ1) is 4.15. The molecule has 0 amide bonds. The topological polar surface area (TPSA) is 64.4 Å². The molecule has 0 radical (unpaired) electrons. The number of aliphatic imine (C=N–C) groups is 1. The maximum absolute atomic E-state index is 5.62. The maximum atomic E-state index is 5.62. The molecule has 0 aliphatic carbocycles. The molecule has 1 aliphatic rings. The molecule has 0 spiro atoms. The largest absolute Gasteiger partial charge is 0.343 e. The first-order valence-electron chi connectivity index (χ1n) is 2.62. The van der Waals surface area contributed by atoms with Gasteiger partial charge in [0.15, 0.2) is 0 Å². The normalized spacial score (nSPS) is 33.0. The zero-order chi connectivity index (χ0) is 6.91. The number of nitrogens with two attached hydrogens (primary N) is 2. The number of hydrogen-bond donors (Lipinski definition) is 2. The van der Waals surface area contributed by atoms with Crippen LogP contribution in [0.3, 0.4) is 0 Å². The minimum absolute atomic E-state index is 0.0231. The van der Waals surface area contributed by atoms with Gasteiger partial charge >= 0.3 is 0 Å². The third kappa shape index (κ3) is 1.07. The number of hydrogen-bond acceptors (Lipinski definition) is 3. The summed E-state index contributed by atoms with van der Waals surface area (Å²) in [6, 6.07) is 0. The third-order valence-corrected chi connectivity index (χ3v) is 1.64. The molecule has 0 aromatic heterocycles. The van der Waals surface area contributed by atoms with Crippen LogP contribution in [0.2, 0.25) is 0 Å². The van der Waals surface area contributed by atoms with Crippen LogP contribution in [0, 0.1) is 0 Å². The van der Waals surface area contributed by atoms with Crippen LogP contribution in [0.25, 0.3) is 0 Å². The lowest BCUT2D eigenvalue weighted by Crippen LogP contribution is -2.58. The van der Waals surface area contributed by atoms with Gasteiger partial charge in [-0.25, -0.2) is 4.99 Å². The quantitative estimate of drug-likeness (QED) is 0.260. The molecule has 1 rings (SSSR count). The molecule has 50 valence electrons. The van der Waals surface area contributed by atoms with Crippen molar-refractivity contribution in [2.75, 3.05) is 13.1 Å². The summed E-state index contributed by atoms with van der Waals surface area (Å²) >= 11 is 4.70. The smallest absolute Gasteiger partial charge is 0.292 e. The molecule has 0 saturated carbocycles. The second kappa shape index (κ2) is 2.02. The first-order valence-corrected chi connectivity index (χ1v) is 3.03. The van der Waals surface area contributed by atoms with Crippen molar-refractivity contribution >= 4 is 23.7 Å². The SMILES string of the molecule is NC(=S)[N+]1(N)C=NCC1. The number of nitrogens with zero attached hydrogens (tertiary/aromatic N) is 2. The Balaban J connectivity index is 2.74. The van der Waals surface area contributed by atoms with Crippen molar-refractivity contribution in [1.82, 2.24) is 0 Å². The maximum Gasteiger partial charge on any atom is 0.292 e. The minimum Gasteiger partial charge on any atom is -0.343 e. The van der Waals surface area contributed by atoms with E-state index >= 15 is 0 Å². The van der Waals surface area contributed by atoms with Gasteiger partial charge in [-0.2, -0.15) is 5.84 Å². The van der Waals surface area contributed by atoms with Crippen LogP contribution in [-0.2, 0) is 0 Å².